The molecule has 3 N–H and O–H groups in total. The average Bonchev–Trinajstić information content (AvgIpc) is 3.19. The largest absolute Gasteiger partial charge is 0.483 e. The number of aryl methyl sites for hydroxylation is 1. The van der Waals surface area contributed by atoms with E-state index in [0.29, 0.717) is 5.56 Å². The lowest BCUT2D eigenvalue weighted by Crippen LogP contribution is -2.27. The van der Waals surface area contributed by atoms with E-state index in [-0.39, 0.29) is 24.9 Å². The Hall–Kier alpha value is -4.08. The van der Waals surface area contributed by atoms with Gasteiger partial charge in [0.2, 0.25) is 0 Å². The molecule has 166 valence electrons. The summed E-state index contributed by atoms with van der Waals surface area (Å²) in [4.78, 5) is 21.1. The summed E-state index contributed by atoms with van der Waals surface area (Å²) in [5.74, 6) is 0.116. The molecule has 2 aromatic carbocycles. The smallest absolute Gasteiger partial charge is 0.387 e. The number of aliphatic imine (C=N–C) groups is 1. The molecule has 1 atom stereocenters. The van der Waals surface area contributed by atoms with Crippen molar-refractivity contribution in [1.82, 2.24) is 9.97 Å². The van der Waals surface area contributed by atoms with Crippen LogP contribution in [0.25, 0.3) is 11.1 Å². The number of carbonyl (C=O) groups is 1. The minimum Gasteiger partial charge on any atom is -0.483 e. The first-order valence-electron chi connectivity index (χ1n) is 9.37. The number of rotatable bonds is 5. The molecular formula is C22H20F2N4O4. The Morgan fingerprint density at radius 1 is 1.16 bits per heavy atom. The molecule has 0 bridgehead atoms. The van der Waals surface area contributed by atoms with Crippen LogP contribution in [0.15, 0.2) is 66.2 Å². The molecule has 1 unspecified atom stereocenters. The number of nitrogens with two attached hydrogens (primary N) is 1. The monoisotopic (exact) mass is 442 g/mol. The highest BCUT2D eigenvalue weighted by Crippen LogP contribution is 2.40. The molecule has 8 nitrogen and oxygen atoms in total. The molecule has 0 fully saturated rings. The van der Waals surface area contributed by atoms with Crippen molar-refractivity contribution in [1.29, 1.82) is 0 Å². The Labute approximate surface area is 182 Å². The van der Waals surface area contributed by atoms with Gasteiger partial charge in [-0.2, -0.15) is 8.78 Å². The molecule has 32 heavy (non-hydrogen) atoms. The minimum absolute atomic E-state index is 0.0732. The third kappa shape index (κ3) is 4.80. The van der Waals surface area contributed by atoms with Gasteiger partial charge in [-0.05, 0) is 47.4 Å². The molecule has 0 spiro atoms. The molecule has 3 aromatic rings. The highest BCUT2D eigenvalue weighted by molar-refractivity contribution is 5.76. The lowest BCUT2D eigenvalue weighted by Gasteiger charge is -2.26. The molecule has 0 radical (unpaired) electrons. The molecule has 2 heterocycles. The Kier molecular flexibility index (Phi) is 6.93. The molecule has 1 aliphatic rings. The number of hydrogen-bond donors (Lipinski definition) is 2. The van der Waals surface area contributed by atoms with Gasteiger partial charge in [0.1, 0.15) is 18.7 Å². The SMILES string of the molecule is Cc1cc(C2(c3cccc(-c4cncnc4)c3)COC(N)=N2)ccc1OC(F)F.O=CO. The second kappa shape index (κ2) is 9.82. The van der Waals surface area contributed by atoms with Crippen molar-refractivity contribution in [2.75, 3.05) is 6.61 Å². The van der Waals surface area contributed by atoms with Crippen LogP contribution < -0.4 is 10.5 Å². The van der Waals surface area contributed by atoms with Crippen LogP contribution in [0.3, 0.4) is 0 Å². The normalized spacial score (nSPS) is 17.1. The lowest BCUT2D eigenvalue weighted by atomic mass is 9.82. The van der Waals surface area contributed by atoms with Gasteiger partial charge in [-0.25, -0.2) is 15.0 Å². The fourth-order valence-corrected chi connectivity index (χ4v) is 3.43. The Balaban J connectivity index is 0.000000913. The van der Waals surface area contributed by atoms with E-state index < -0.39 is 12.2 Å². The quantitative estimate of drug-likeness (QED) is 0.582. The Morgan fingerprint density at radius 3 is 2.44 bits per heavy atom. The summed E-state index contributed by atoms with van der Waals surface area (Å²) in [5.41, 5.74) is 8.90. The molecule has 0 amide bonds. The first kappa shape index (κ1) is 22.6. The maximum atomic E-state index is 12.6. The van der Waals surface area contributed by atoms with Crippen LogP contribution in [-0.2, 0) is 15.1 Å². The van der Waals surface area contributed by atoms with E-state index in [1.165, 1.54) is 12.4 Å². The van der Waals surface area contributed by atoms with Crippen LogP contribution in [-0.4, -0.2) is 40.8 Å². The summed E-state index contributed by atoms with van der Waals surface area (Å²) >= 11 is 0. The standard InChI is InChI=1S/C21H18F2N4O2.CH2O2/c1-13-7-17(5-6-18(13)29-19(22)23)21(11-28-20(24)27-21)16-4-2-3-14(8-16)15-9-25-12-26-10-15;2-1-3/h2-10,12,19H,11H2,1H3,(H2,24,27);1H,(H,2,3). The van der Waals surface area contributed by atoms with E-state index in [2.05, 4.69) is 19.7 Å². The van der Waals surface area contributed by atoms with Gasteiger partial charge in [-0.1, -0.05) is 24.3 Å². The average molecular weight is 442 g/mol. The lowest BCUT2D eigenvalue weighted by molar-refractivity contribution is -0.122. The molecule has 10 heteroatoms. The number of nitrogens with zero attached hydrogens (tertiary/aromatic N) is 3. The molecule has 0 saturated carbocycles. The third-order valence-electron chi connectivity index (χ3n) is 4.83. The minimum atomic E-state index is -2.89. The number of hydrogen-bond acceptors (Lipinski definition) is 7. The molecular weight excluding hydrogens is 422 g/mol. The summed E-state index contributed by atoms with van der Waals surface area (Å²) in [7, 11) is 0. The zero-order valence-electron chi connectivity index (χ0n) is 17.0. The summed E-state index contributed by atoms with van der Waals surface area (Å²) in [6.45, 7) is -1.24. The van der Waals surface area contributed by atoms with Crippen molar-refractivity contribution in [3.63, 3.8) is 0 Å². The highest BCUT2D eigenvalue weighted by Gasteiger charge is 2.40. The van der Waals surface area contributed by atoms with Gasteiger partial charge in [-0.3, -0.25) is 4.79 Å². The molecule has 1 aliphatic heterocycles. The fraction of sp³-hybridized carbons (Fsp3) is 0.182. The van der Waals surface area contributed by atoms with Gasteiger partial charge in [0.25, 0.3) is 12.5 Å². The van der Waals surface area contributed by atoms with E-state index in [4.69, 9.17) is 20.4 Å². The van der Waals surface area contributed by atoms with Gasteiger partial charge >= 0.3 is 6.61 Å². The van der Waals surface area contributed by atoms with E-state index in [0.717, 1.165) is 22.3 Å². The Bertz CT molecular complexity index is 1110. The van der Waals surface area contributed by atoms with Crippen LogP contribution in [0.4, 0.5) is 8.78 Å². The zero-order chi connectivity index (χ0) is 23.1. The maximum Gasteiger partial charge on any atom is 0.387 e. The predicted octanol–water partition coefficient (Wildman–Crippen LogP) is 3.34. The van der Waals surface area contributed by atoms with Crippen molar-refractivity contribution in [2.45, 2.75) is 19.1 Å². The summed E-state index contributed by atoms with van der Waals surface area (Å²) < 4.78 is 35.3. The number of halogens is 2. The zero-order valence-corrected chi connectivity index (χ0v) is 17.0. The predicted molar refractivity (Wildman–Crippen MR) is 112 cm³/mol. The van der Waals surface area contributed by atoms with Crippen molar-refractivity contribution in [3.8, 4) is 16.9 Å². The molecule has 0 aliphatic carbocycles. The second-order valence-corrected chi connectivity index (χ2v) is 6.77. The van der Waals surface area contributed by atoms with E-state index in [1.54, 1.807) is 31.5 Å². The summed E-state index contributed by atoms with van der Waals surface area (Å²) in [6.07, 6.45) is 4.92. The van der Waals surface area contributed by atoms with Crippen molar-refractivity contribution < 1.29 is 28.2 Å². The van der Waals surface area contributed by atoms with Gasteiger partial charge < -0.3 is 20.3 Å². The maximum absolute atomic E-state index is 12.6. The fourth-order valence-electron chi connectivity index (χ4n) is 3.43. The first-order chi connectivity index (χ1) is 15.4. The molecule has 0 saturated heterocycles. The van der Waals surface area contributed by atoms with Gasteiger partial charge in [0, 0.05) is 18.0 Å². The Morgan fingerprint density at radius 2 is 1.84 bits per heavy atom. The number of amidine groups is 1. The number of carboxylic acid groups (broad SMARTS) is 1. The van der Waals surface area contributed by atoms with Crippen LogP contribution in [0.5, 0.6) is 5.75 Å². The van der Waals surface area contributed by atoms with Crippen LogP contribution in [0, 0.1) is 6.92 Å². The second-order valence-electron chi connectivity index (χ2n) is 6.77. The summed E-state index contributed by atoms with van der Waals surface area (Å²) in [5, 5.41) is 6.89. The number of ether oxygens (including phenoxy) is 2. The summed E-state index contributed by atoms with van der Waals surface area (Å²) in [6, 6.07) is 12.8. The van der Waals surface area contributed by atoms with Crippen molar-refractivity contribution in [3.05, 3.63) is 77.9 Å². The highest BCUT2D eigenvalue weighted by atomic mass is 19.3. The van der Waals surface area contributed by atoms with Gasteiger partial charge in [0.05, 0.1) is 0 Å². The number of alkyl halides is 2. The first-order valence-corrected chi connectivity index (χ1v) is 9.37. The topological polar surface area (TPSA) is 120 Å². The molecule has 4 rings (SSSR count). The van der Waals surface area contributed by atoms with Crippen molar-refractivity contribution >= 4 is 12.5 Å². The molecule has 1 aromatic heterocycles. The van der Waals surface area contributed by atoms with E-state index in [9.17, 15) is 8.78 Å². The van der Waals surface area contributed by atoms with Crippen molar-refractivity contribution in [2.24, 2.45) is 10.7 Å². The van der Waals surface area contributed by atoms with Crippen LogP contribution in [0.2, 0.25) is 0 Å². The van der Waals surface area contributed by atoms with Crippen LogP contribution in [0.1, 0.15) is 16.7 Å². The third-order valence-corrected chi connectivity index (χ3v) is 4.83. The van der Waals surface area contributed by atoms with E-state index >= 15 is 0 Å². The van der Waals surface area contributed by atoms with E-state index in [1.807, 2.05) is 24.3 Å². The van der Waals surface area contributed by atoms with Gasteiger partial charge in [0.15, 0.2) is 5.54 Å². The number of aromatic nitrogens is 2. The number of benzene rings is 2. The van der Waals surface area contributed by atoms with Crippen LogP contribution >= 0.6 is 0 Å². The van der Waals surface area contributed by atoms with Gasteiger partial charge in [-0.15, -0.1) is 0 Å².